The summed E-state index contributed by atoms with van der Waals surface area (Å²) in [5.41, 5.74) is 0. The average molecular weight is 316 g/mol. The van der Waals surface area contributed by atoms with Crippen molar-refractivity contribution >= 4 is 15.9 Å². The molecule has 2 aliphatic heterocycles. The van der Waals surface area contributed by atoms with Crippen LogP contribution >= 0.6 is 0 Å². The van der Waals surface area contributed by atoms with Crippen molar-refractivity contribution < 1.29 is 17.9 Å². The summed E-state index contributed by atoms with van der Waals surface area (Å²) in [6.45, 7) is 1.08. The lowest BCUT2D eigenvalue weighted by Gasteiger charge is -2.45. The Kier molecular flexibility index (Phi) is 4.14. The Balaban J connectivity index is 1.76. The summed E-state index contributed by atoms with van der Waals surface area (Å²) in [5.74, 6) is 0.0573. The van der Waals surface area contributed by atoms with Crippen LogP contribution in [0.5, 0.6) is 0 Å². The highest BCUT2D eigenvalue weighted by molar-refractivity contribution is 7.92. The molecule has 0 aromatic heterocycles. The second-order valence-corrected chi connectivity index (χ2v) is 8.70. The highest BCUT2D eigenvalue weighted by atomic mass is 32.2. The number of hydrogen-bond acceptors (Lipinski definition) is 4. The summed E-state index contributed by atoms with van der Waals surface area (Å²) in [6.07, 6.45) is 5.10. The van der Waals surface area contributed by atoms with Gasteiger partial charge in [-0.3, -0.25) is 0 Å². The van der Waals surface area contributed by atoms with Crippen LogP contribution in [0.15, 0.2) is 0 Å². The van der Waals surface area contributed by atoms with Crippen LogP contribution in [0.2, 0.25) is 0 Å². The zero-order valence-electron chi connectivity index (χ0n) is 12.5. The summed E-state index contributed by atoms with van der Waals surface area (Å²) >= 11 is 0. The molecule has 120 valence electrons. The molecule has 0 bridgehead atoms. The van der Waals surface area contributed by atoms with Gasteiger partial charge in [0.25, 0.3) is 0 Å². The predicted molar refractivity (Wildman–Crippen MR) is 78.9 cm³/mol. The van der Waals surface area contributed by atoms with E-state index in [1.54, 1.807) is 4.90 Å². The Hall–Kier alpha value is -0.820. The standard InChI is InChI=1S/C14H24N2O4S/c1-15(11-4-2-3-5-11)14(17)16-7-9-21(18,19)13-10-20-8-6-12(13)16/h11-13H,2-10H2,1H3. The van der Waals surface area contributed by atoms with Gasteiger partial charge >= 0.3 is 6.03 Å². The van der Waals surface area contributed by atoms with Crippen molar-refractivity contribution in [1.82, 2.24) is 9.80 Å². The monoisotopic (exact) mass is 316 g/mol. The fourth-order valence-corrected chi connectivity index (χ4v) is 5.65. The van der Waals surface area contributed by atoms with E-state index >= 15 is 0 Å². The number of sulfone groups is 1. The van der Waals surface area contributed by atoms with Crippen molar-refractivity contribution in [3.05, 3.63) is 0 Å². The largest absolute Gasteiger partial charge is 0.380 e. The number of carbonyl (C=O) groups is 1. The third-order valence-corrected chi connectivity index (χ3v) is 7.29. The summed E-state index contributed by atoms with van der Waals surface area (Å²) in [5, 5.41) is -0.541. The van der Waals surface area contributed by atoms with Crippen LogP contribution < -0.4 is 0 Å². The van der Waals surface area contributed by atoms with Crippen LogP contribution in [0.4, 0.5) is 4.79 Å². The Labute approximate surface area is 126 Å². The normalized spacial score (nSPS) is 32.7. The van der Waals surface area contributed by atoms with E-state index in [0.29, 0.717) is 25.6 Å². The van der Waals surface area contributed by atoms with Crippen LogP contribution in [0, 0.1) is 0 Å². The number of hydrogen-bond donors (Lipinski definition) is 0. The molecule has 3 rings (SSSR count). The van der Waals surface area contributed by atoms with Crippen molar-refractivity contribution in [3.63, 3.8) is 0 Å². The molecule has 7 heteroatoms. The highest BCUT2D eigenvalue weighted by Crippen LogP contribution is 2.29. The van der Waals surface area contributed by atoms with Crippen LogP contribution in [-0.2, 0) is 14.6 Å². The lowest BCUT2D eigenvalue weighted by Crippen LogP contribution is -2.62. The lowest BCUT2D eigenvalue weighted by molar-refractivity contribution is 0.0384. The van der Waals surface area contributed by atoms with Crippen molar-refractivity contribution in [2.75, 3.05) is 32.6 Å². The molecule has 3 aliphatic rings. The van der Waals surface area contributed by atoms with Crippen molar-refractivity contribution in [3.8, 4) is 0 Å². The van der Waals surface area contributed by atoms with Gasteiger partial charge in [0.05, 0.1) is 18.4 Å². The zero-order chi connectivity index (χ0) is 15.0. The van der Waals surface area contributed by atoms with Crippen molar-refractivity contribution in [2.45, 2.75) is 49.4 Å². The topological polar surface area (TPSA) is 66.9 Å². The summed E-state index contributed by atoms with van der Waals surface area (Å²) in [7, 11) is -1.28. The van der Waals surface area contributed by atoms with E-state index in [1.807, 2.05) is 11.9 Å². The van der Waals surface area contributed by atoms with Crippen molar-refractivity contribution in [1.29, 1.82) is 0 Å². The lowest BCUT2D eigenvalue weighted by atomic mass is 10.1. The van der Waals surface area contributed by atoms with E-state index in [4.69, 9.17) is 4.74 Å². The Morgan fingerprint density at radius 2 is 1.95 bits per heavy atom. The van der Waals surface area contributed by atoms with Gasteiger partial charge in [0.1, 0.15) is 5.25 Å². The van der Waals surface area contributed by atoms with Gasteiger partial charge in [-0.05, 0) is 19.3 Å². The first kappa shape index (κ1) is 15.1. The van der Waals surface area contributed by atoms with Crippen LogP contribution in [0.1, 0.15) is 32.1 Å². The minimum Gasteiger partial charge on any atom is -0.380 e. The highest BCUT2D eigenvalue weighted by Gasteiger charge is 2.46. The first-order valence-corrected chi connectivity index (χ1v) is 9.55. The van der Waals surface area contributed by atoms with Gasteiger partial charge in [-0.15, -0.1) is 0 Å². The minimum atomic E-state index is -3.13. The Bertz CT molecular complexity index is 501. The van der Waals surface area contributed by atoms with Gasteiger partial charge in [0.15, 0.2) is 9.84 Å². The predicted octanol–water partition coefficient (Wildman–Crippen LogP) is 0.869. The molecule has 2 atom stereocenters. The second kappa shape index (κ2) is 5.76. The van der Waals surface area contributed by atoms with E-state index in [0.717, 1.165) is 12.8 Å². The third-order valence-electron chi connectivity index (χ3n) is 5.17. The molecular weight excluding hydrogens is 292 g/mol. The van der Waals surface area contributed by atoms with Crippen LogP contribution in [-0.4, -0.2) is 74.1 Å². The molecule has 2 saturated heterocycles. The number of nitrogens with zero attached hydrogens (tertiary/aromatic N) is 2. The summed E-state index contributed by atoms with van der Waals surface area (Å²) in [6, 6.07) is 0.0943. The van der Waals surface area contributed by atoms with E-state index in [9.17, 15) is 13.2 Å². The smallest absolute Gasteiger partial charge is 0.320 e. The SMILES string of the molecule is CN(C(=O)N1CCS(=O)(=O)C2COCCC21)C1CCCC1. The maximum atomic E-state index is 12.8. The molecule has 1 aliphatic carbocycles. The fraction of sp³-hybridized carbons (Fsp3) is 0.929. The van der Waals surface area contributed by atoms with Gasteiger partial charge < -0.3 is 14.5 Å². The molecular formula is C14H24N2O4S. The number of carbonyl (C=O) groups excluding carboxylic acids is 1. The maximum Gasteiger partial charge on any atom is 0.320 e. The number of fused-ring (bicyclic) bond motifs is 1. The number of urea groups is 1. The molecule has 2 heterocycles. The van der Waals surface area contributed by atoms with E-state index in [2.05, 4.69) is 0 Å². The molecule has 21 heavy (non-hydrogen) atoms. The molecule has 3 fully saturated rings. The van der Waals surface area contributed by atoms with Crippen LogP contribution in [0.25, 0.3) is 0 Å². The first-order chi connectivity index (χ1) is 10.0. The van der Waals surface area contributed by atoms with Gasteiger partial charge in [0, 0.05) is 26.2 Å². The Morgan fingerprint density at radius 1 is 1.24 bits per heavy atom. The van der Waals surface area contributed by atoms with E-state index in [1.165, 1.54) is 12.8 Å². The molecule has 0 spiro atoms. The quantitative estimate of drug-likeness (QED) is 0.720. The molecule has 0 aromatic rings. The maximum absolute atomic E-state index is 12.8. The van der Waals surface area contributed by atoms with Gasteiger partial charge in [-0.1, -0.05) is 12.8 Å². The molecule has 1 saturated carbocycles. The van der Waals surface area contributed by atoms with Crippen LogP contribution in [0.3, 0.4) is 0 Å². The molecule has 2 amide bonds. The summed E-state index contributed by atoms with van der Waals surface area (Å²) < 4.78 is 29.7. The second-order valence-electron chi connectivity index (χ2n) is 6.36. The third kappa shape index (κ3) is 2.77. The molecule has 0 radical (unpaired) electrons. The minimum absolute atomic E-state index is 0.00583. The Morgan fingerprint density at radius 3 is 2.67 bits per heavy atom. The molecule has 0 aromatic carbocycles. The fourth-order valence-electron chi connectivity index (χ4n) is 3.83. The number of amides is 2. The first-order valence-electron chi connectivity index (χ1n) is 7.83. The summed E-state index contributed by atoms with van der Waals surface area (Å²) in [4.78, 5) is 16.4. The van der Waals surface area contributed by atoms with Gasteiger partial charge in [-0.2, -0.15) is 0 Å². The van der Waals surface area contributed by atoms with Crippen molar-refractivity contribution in [2.24, 2.45) is 0 Å². The van der Waals surface area contributed by atoms with E-state index < -0.39 is 15.1 Å². The zero-order valence-corrected chi connectivity index (χ0v) is 13.3. The van der Waals surface area contributed by atoms with E-state index in [-0.39, 0.29) is 24.4 Å². The molecule has 6 nitrogen and oxygen atoms in total. The van der Waals surface area contributed by atoms with Gasteiger partial charge in [-0.25, -0.2) is 13.2 Å². The molecule has 2 unspecified atom stereocenters. The number of ether oxygens (including phenoxy) is 1. The average Bonchev–Trinajstić information content (AvgIpc) is 3.00. The molecule has 0 N–H and O–H groups in total. The number of rotatable bonds is 1. The van der Waals surface area contributed by atoms with Gasteiger partial charge in [0.2, 0.25) is 0 Å².